The van der Waals surface area contributed by atoms with Gasteiger partial charge in [0, 0.05) is 18.0 Å². The van der Waals surface area contributed by atoms with Crippen LogP contribution in [0.3, 0.4) is 0 Å². The Morgan fingerprint density at radius 1 is 1.53 bits per heavy atom. The fourth-order valence-electron chi connectivity index (χ4n) is 1.82. The number of hydrogen-bond donors (Lipinski definition) is 3. The summed E-state index contributed by atoms with van der Waals surface area (Å²) in [5.41, 5.74) is 5.53. The van der Waals surface area contributed by atoms with Crippen molar-refractivity contribution in [1.29, 1.82) is 0 Å². The zero-order valence-corrected chi connectivity index (χ0v) is 10.2. The van der Waals surface area contributed by atoms with Crippen molar-refractivity contribution in [1.82, 2.24) is 10.6 Å². The normalized spacial score (nSPS) is 19.9. The molecule has 1 saturated heterocycles. The lowest BCUT2D eigenvalue weighted by Gasteiger charge is -2.23. The Morgan fingerprint density at radius 2 is 2.35 bits per heavy atom. The molecule has 0 aliphatic carbocycles. The SMILES string of the molecule is NC(=O)c1csc(C(=O)N[C@H]2CCCNC2)c1. The molecule has 0 spiro atoms. The molecule has 0 saturated carbocycles. The van der Waals surface area contributed by atoms with E-state index in [0.717, 1.165) is 25.9 Å². The van der Waals surface area contributed by atoms with Crippen molar-refractivity contribution in [3.8, 4) is 0 Å². The summed E-state index contributed by atoms with van der Waals surface area (Å²) in [5.74, 6) is -0.629. The monoisotopic (exact) mass is 253 g/mol. The molecule has 0 radical (unpaired) electrons. The van der Waals surface area contributed by atoms with Gasteiger partial charge >= 0.3 is 0 Å². The number of primary amides is 1. The first kappa shape index (κ1) is 12.1. The van der Waals surface area contributed by atoms with Crippen LogP contribution in [0.1, 0.15) is 32.9 Å². The summed E-state index contributed by atoms with van der Waals surface area (Å²) in [6.07, 6.45) is 2.06. The van der Waals surface area contributed by atoms with Crippen LogP contribution in [0.4, 0.5) is 0 Å². The van der Waals surface area contributed by atoms with Crippen LogP contribution in [0.15, 0.2) is 11.4 Å². The standard InChI is InChI=1S/C11H15N3O2S/c12-10(15)7-4-9(17-6-7)11(16)14-8-2-1-3-13-5-8/h4,6,8,13H,1-3,5H2,(H2,12,15)(H,14,16)/t8-/m0/s1. The molecule has 17 heavy (non-hydrogen) atoms. The van der Waals surface area contributed by atoms with E-state index in [9.17, 15) is 9.59 Å². The summed E-state index contributed by atoms with van der Waals surface area (Å²) in [6.45, 7) is 1.82. The van der Waals surface area contributed by atoms with Gasteiger partial charge in [-0.05, 0) is 25.5 Å². The van der Waals surface area contributed by atoms with E-state index < -0.39 is 5.91 Å². The quantitative estimate of drug-likeness (QED) is 0.725. The number of nitrogens with one attached hydrogen (secondary N) is 2. The second-order valence-corrected chi connectivity index (χ2v) is 4.99. The van der Waals surface area contributed by atoms with Crippen LogP contribution in [0.25, 0.3) is 0 Å². The molecule has 1 aromatic rings. The molecule has 4 N–H and O–H groups in total. The minimum atomic E-state index is -0.500. The molecule has 5 nitrogen and oxygen atoms in total. The van der Waals surface area contributed by atoms with Gasteiger partial charge in [0.2, 0.25) is 5.91 Å². The Labute approximate surface area is 103 Å². The van der Waals surface area contributed by atoms with Gasteiger partial charge in [-0.2, -0.15) is 0 Å². The van der Waals surface area contributed by atoms with Crippen molar-refractivity contribution in [2.75, 3.05) is 13.1 Å². The molecule has 1 atom stereocenters. The first-order valence-corrected chi connectivity index (χ1v) is 6.44. The van der Waals surface area contributed by atoms with Gasteiger partial charge in [-0.15, -0.1) is 11.3 Å². The molecule has 0 aromatic carbocycles. The van der Waals surface area contributed by atoms with Crippen molar-refractivity contribution in [2.24, 2.45) is 5.73 Å². The van der Waals surface area contributed by atoms with Crippen LogP contribution in [0, 0.1) is 0 Å². The third-order valence-corrected chi connectivity index (χ3v) is 3.67. The molecule has 92 valence electrons. The summed E-state index contributed by atoms with van der Waals surface area (Å²) in [4.78, 5) is 23.3. The lowest BCUT2D eigenvalue weighted by molar-refractivity contribution is 0.0934. The topological polar surface area (TPSA) is 84.2 Å². The molecule has 1 aliphatic heterocycles. The summed E-state index contributed by atoms with van der Waals surface area (Å²) in [5, 5.41) is 7.78. The number of carbonyl (C=O) groups is 2. The fourth-order valence-corrected chi connectivity index (χ4v) is 2.62. The van der Waals surface area contributed by atoms with Gasteiger partial charge in [0.1, 0.15) is 0 Å². The maximum absolute atomic E-state index is 11.9. The van der Waals surface area contributed by atoms with Crippen LogP contribution in [-0.2, 0) is 0 Å². The maximum Gasteiger partial charge on any atom is 0.261 e. The largest absolute Gasteiger partial charge is 0.366 e. The highest BCUT2D eigenvalue weighted by Gasteiger charge is 2.18. The number of hydrogen-bond acceptors (Lipinski definition) is 4. The van der Waals surface area contributed by atoms with Crippen molar-refractivity contribution in [3.05, 3.63) is 21.9 Å². The van der Waals surface area contributed by atoms with Crippen LogP contribution in [0.2, 0.25) is 0 Å². The summed E-state index contributed by atoms with van der Waals surface area (Å²) < 4.78 is 0. The molecule has 2 amide bonds. The molecule has 2 heterocycles. The number of nitrogens with two attached hydrogens (primary N) is 1. The Kier molecular flexibility index (Phi) is 3.75. The second kappa shape index (κ2) is 5.29. The van der Waals surface area contributed by atoms with Gasteiger partial charge in [0.25, 0.3) is 5.91 Å². The predicted molar refractivity (Wildman–Crippen MR) is 66.2 cm³/mol. The number of thiophene rings is 1. The van der Waals surface area contributed by atoms with E-state index in [4.69, 9.17) is 5.73 Å². The Bertz CT molecular complexity index is 424. The zero-order chi connectivity index (χ0) is 12.3. The summed E-state index contributed by atoms with van der Waals surface area (Å²) >= 11 is 1.24. The van der Waals surface area contributed by atoms with Gasteiger partial charge in [-0.25, -0.2) is 0 Å². The van der Waals surface area contributed by atoms with Gasteiger partial charge in [0.05, 0.1) is 10.4 Å². The number of piperidine rings is 1. The van der Waals surface area contributed by atoms with Gasteiger partial charge in [-0.1, -0.05) is 0 Å². The number of rotatable bonds is 3. The van der Waals surface area contributed by atoms with Gasteiger partial charge < -0.3 is 16.4 Å². The van der Waals surface area contributed by atoms with Crippen LogP contribution in [0.5, 0.6) is 0 Å². The highest BCUT2D eigenvalue weighted by molar-refractivity contribution is 7.12. The van der Waals surface area contributed by atoms with E-state index >= 15 is 0 Å². The molecule has 1 fully saturated rings. The minimum Gasteiger partial charge on any atom is -0.366 e. The van der Waals surface area contributed by atoms with Crippen molar-refractivity contribution >= 4 is 23.2 Å². The molecule has 1 aliphatic rings. The van der Waals surface area contributed by atoms with Crippen molar-refractivity contribution < 1.29 is 9.59 Å². The number of carbonyl (C=O) groups excluding carboxylic acids is 2. The average molecular weight is 253 g/mol. The van der Waals surface area contributed by atoms with E-state index in [1.54, 1.807) is 11.4 Å². The van der Waals surface area contributed by atoms with Crippen LogP contribution in [-0.4, -0.2) is 30.9 Å². The second-order valence-electron chi connectivity index (χ2n) is 4.08. The fraction of sp³-hybridized carbons (Fsp3) is 0.455. The minimum absolute atomic E-state index is 0.129. The molecule has 0 unspecified atom stereocenters. The lowest BCUT2D eigenvalue weighted by atomic mass is 10.1. The number of amides is 2. The maximum atomic E-state index is 11.9. The van der Waals surface area contributed by atoms with E-state index in [2.05, 4.69) is 10.6 Å². The average Bonchev–Trinajstić information content (AvgIpc) is 2.79. The highest BCUT2D eigenvalue weighted by Crippen LogP contribution is 2.14. The Morgan fingerprint density at radius 3 is 2.94 bits per heavy atom. The van der Waals surface area contributed by atoms with Crippen molar-refractivity contribution in [2.45, 2.75) is 18.9 Å². The molecular weight excluding hydrogens is 238 g/mol. The molecule has 0 bridgehead atoms. The van der Waals surface area contributed by atoms with E-state index in [-0.39, 0.29) is 11.9 Å². The molecular formula is C11H15N3O2S. The van der Waals surface area contributed by atoms with Crippen LogP contribution < -0.4 is 16.4 Å². The molecule has 1 aromatic heterocycles. The third-order valence-electron chi connectivity index (χ3n) is 2.74. The van der Waals surface area contributed by atoms with Gasteiger partial charge in [-0.3, -0.25) is 9.59 Å². The Hall–Kier alpha value is -1.40. The van der Waals surface area contributed by atoms with E-state index in [1.807, 2.05) is 0 Å². The molecule has 6 heteroatoms. The third kappa shape index (κ3) is 3.04. The van der Waals surface area contributed by atoms with Crippen LogP contribution >= 0.6 is 11.3 Å². The first-order chi connectivity index (χ1) is 8.16. The summed E-state index contributed by atoms with van der Waals surface area (Å²) in [6, 6.07) is 1.72. The lowest BCUT2D eigenvalue weighted by Crippen LogP contribution is -2.45. The smallest absolute Gasteiger partial charge is 0.261 e. The molecule has 2 rings (SSSR count). The first-order valence-electron chi connectivity index (χ1n) is 5.57. The van der Waals surface area contributed by atoms with E-state index in [0.29, 0.717) is 10.4 Å². The zero-order valence-electron chi connectivity index (χ0n) is 9.36. The predicted octanol–water partition coefficient (Wildman–Crippen LogP) is 0.329. The summed E-state index contributed by atoms with van der Waals surface area (Å²) in [7, 11) is 0. The highest BCUT2D eigenvalue weighted by atomic mass is 32.1. The van der Waals surface area contributed by atoms with Gasteiger partial charge in [0.15, 0.2) is 0 Å². The van der Waals surface area contributed by atoms with Crippen molar-refractivity contribution in [3.63, 3.8) is 0 Å². The van der Waals surface area contributed by atoms with E-state index in [1.165, 1.54) is 11.3 Å². The Balaban J connectivity index is 1.96.